The van der Waals surface area contributed by atoms with Crippen LogP contribution in [0, 0.1) is 0 Å². The van der Waals surface area contributed by atoms with Crippen molar-refractivity contribution >= 4 is 6.21 Å². The maximum Gasteiger partial charge on any atom is 0.121 e. The Labute approximate surface area is 63.0 Å². The van der Waals surface area contributed by atoms with Crippen molar-refractivity contribution in [3.63, 3.8) is 0 Å². The van der Waals surface area contributed by atoms with E-state index in [1.54, 1.807) is 0 Å². The summed E-state index contributed by atoms with van der Waals surface area (Å²) >= 11 is 0. The Bertz CT molecular complexity index is 128. The Morgan fingerprint density at radius 1 is 1.27 bits per heavy atom. The molecular formula is C5H11NO5. The Kier molecular flexibility index (Phi) is 4.71. The zero-order valence-electron chi connectivity index (χ0n) is 5.70. The number of aliphatic hydroxyl groups excluding tert-OH is 4. The largest absolute Gasteiger partial charge is 0.411 e. The molecule has 0 heterocycles. The van der Waals surface area contributed by atoms with Crippen LogP contribution in [0.3, 0.4) is 0 Å². The van der Waals surface area contributed by atoms with E-state index in [0.717, 1.165) is 0 Å². The highest BCUT2D eigenvalue weighted by molar-refractivity contribution is 5.62. The Morgan fingerprint density at radius 3 is 2.18 bits per heavy atom. The molecule has 5 N–H and O–H groups in total. The molecule has 0 unspecified atom stereocenters. The van der Waals surface area contributed by atoms with Gasteiger partial charge in [0.25, 0.3) is 0 Å². The zero-order chi connectivity index (χ0) is 8.85. The van der Waals surface area contributed by atoms with Crippen LogP contribution >= 0.6 is 0 Å². The second-order valence-electron chi connectivity index (χ2n) is 2.00. The third kappa shape index (κ3) is 3.28. The van der Waals surface area contributed by atoms with Crippen LogP contribution < -0.4 is 0 Å². The third-order valence-corrected chi connectivity index (χ3v) is 1.15. The first-order chi connectivity index (χ1) is 5.13. The minimum absolute atomic E-state index is 0.642. The summed E-state index contributed by atoms with van der Waals surface area (Å²) in [7, 11) is 0. The molecular weight excluding hydrogens is 154 g/mol. The van der Waals surface area contributed by atoms with E-state index >= 15 is 0 Å². The number of hydrogen-bond donors (Lipinski definition) is 5. The maximum absolute atomic E-state index is 8.85. The van der Waals surface area contributed by atoms with E-state index in [4.69, 9.17) is 25.6 Å². The normalized spacial score (nSPS) is 20.0. The van der Waals surface area contributed by atoms with Crippen LogP contribution in [-0.4, -0.2) is 56.8 Å². The van der Waals surface area contributed by atoms with E-state index in [2.05, 4.69) is 5.16 Å². The SMILES string of the molecule is OC[C@H](O)[C@H](O)[C@@H](O)/C=N\O. The Hall–Kier alpha value is -0.690. The fourth-order valence-corrected chi connectivity index (χ4v) is 0.492. The molecule has 0 saturated heterocycles. The summed E-state index contributed by atoms with van der Waals surface area (Å²) in [6.07, 6.45) is -3.83. The Balaban J connectivity index is 3.90. The van der Waals surface area contributed by atoms with Crippen LogP contribution in [-0.2, 0) is 0 Å². The van der Waals surface area contributed by atoms with Crippen molar-refractivity contribution in [2.45, 2.75) is 18.3 Å². The highest BCUT2D eigenvalue weighted by atomic mass is 16.4. The van der Waals surface area contributed by atoms with Gasteiger partial charge in [0.05, 0.1) is 12.8 Å². The van der Waals surface area contributed by atoms with Gasteiger partial charge in [0, 0.05) is 0 Å². The van der Waals surface area contributed by atoms with E-state index < -0.39 is 24.9 Å². The summed E-state index contributed by atoms with van der Waals surface area (Å²) in [5.74, 6) is 0. The summed E-state index contributed by atoms with van der Waals surface area (Å²) in [5.41, 5.74) is 0. The number of rotatable bonds is 4. The molecule has 0 aromatic heterocycles. The summed E-state index contributed by atoms with van der Waals surface area (Å²) in [6, 6.07) is 0. The van der Waals surface area contributed by atoms with Crippen LogP contribution in [0.5, 0.6) is 0 Å². The summed E-state index contributed by atoms with van der Waals surface area (Å²) in [4.78, 5) is 0. The average Bonchev–Trinajstić information content (AvgIpc) is 2.02. The van der Waals surface area contributed by atoms with Gasteiger partial charge in [0.1, 0.15) is 18.3 Å². The first-order valence-electron chi connectivity index (χ1n) is 2.96. The third-order valence-electron chi connectivity index (χ3n) is 1.15. The van der Waals surface area contributed by atoms with Gasteiger partial charge in [-0.25, -0.2) is 0 Å². The molecule has 0 aromatic carbocycles. The van der Waals surface area contributed by atoms with Crippen molar-refractivity contribution in [3.05, 3.63) is 0 Å². The van der Waals surface area contributed by atoms with Crippen molar-refractivity contribution in [3.8, 4) is 0 Å². The topological polar surface area (TPSA) is 114 Å². The van der Waals surface area contributed by atoms with E-state index in [1.807, 2.05) is 0 Å². The van der Waals surface area contributed by atoms with Gasteiger partial charge in [-0.1, -0.05) is 5.16 Å². The lowest BCUT2D eigenvalue weighted by molar-refractivity contribution is -0.0546. The zero-order valence-corrected chi connectivity index (χ0v) is 5.70. The predicted molar refractivity (Wildman–Crippen MR) is 35.4 cm³/mol. The van der Waals surface area contributed by atoms with Crippen molar-refractivity contribution in [1.29, 1.82) is 0 Å². The molecule has 0 rings (SSSR count). The molecule has 0 amide bonds. The van der Waals surface area contributed by atoms with Gasteiger partial charge in [-0.3, -0.25) is 0 Å². The molecule has 0 aliphatic carbocycles. The summed E-state index contributed by atoms with van der Waals surface area (Å²) < 4.78 is 0. The van der Waals surface area contributed by atoms with Crippen molar-refractivity contribution in [1.82, 2.24) is 0 Å². The van der Waals surface area contributed by atoms with Gasteiger partial charge in [0.15, 0.2) is 0 Å². The highest BCUT2D eigenvalue weighted by Crippen LogP contribution is 1.97. The Morgan fingerprint density at radius 2 is 1.82 bits per heavy atom. The van der Waals surface area contributed by atoms with E-state index in [1.165, 1.54) is 0 Å². The number of hydrogen-bond acceptors (Lipinski definition) is 6. The highest BCUT2D eigenvalue weighted by Gasteiger charge is 2.22. The van der Waals surface area contributed by atoms with E-state index in [9.17, 15) is 0 Å². The molecule has 6 nitrogen and oxygen atoms in total. The van der Waals surface area contributed by atoms with Crippen molar-refractivity contribution in [2.75, 3.05) is 6.61 Å². The second kappa shape index (κ2) is 5.03. The summed E-state index contributed by atoms with van der Waals surface area (Å²) in [6.45, 7) is -0.669. The lowest BCUT2D eigenvalue weighted by Crippen LogP contribution is -2.40. The van der Waals surface area contributed by atoms with Gasteiger partial charge in [-0.15, -0.1) is 0 Å². The van der Waals surface area contributed by atoms with E-state index in [0.29, 0.717) is 6.21 Å². The number of nitrogens with zero attached hydrogens (tertiary/aromatic N) is 1. The molecule has 0 saturated carbocycles. The number of oxime groups is 1. The maximum atomic E-state index is 8.85. The van der Waals surface area contributed by atoms with Crippen LogP contribution in [0.25, 0.3) is 0 Å². The molecule has 0 spiro atoms. The lowest BCUT2D eigenvalue weighted by Gasteiger charge is -2.17. The first kappa shape index (κ1) is 10.3. The van der Waals surface area contributed by atoms with Crippen LogP contribution in [0.15, 0.2) is 5.16 Å². The molecule has 66 valence electrons. The fourth-order valence-electron chi connectivity index (χ4n) is 0.492. The minimum Gasteiger partial charge on any atom is -0.411 e. The molecule has 0 bridgehead atoms. The monoisotopic (exact) mass is 165 g/mol. The van der Waals surface area contributed by atoms with Crippen LogP contribution in [0.2, 0.25) is 0 Å². The molecule has 0 aliphatic rings. The van der Waals surface area contributed by atoms with Gasteiger partial charge in [0.2, 0.25) is 0 Å². The molecule has 0 aromatic rings. The van der Waals surface area contributed by atoms with Gasteiger partial charge >= 0.3 is 0 Å². The van der Waals surface area contributed by atoms with Gasteiger partial charge in [-0.05, 0) is 0 Å². The number of aliphatic hydroxyl groups is 4. The quantitative estimate of drug-likeness (QED) is 0.180. The first-order valence-corrected chi connectivity index (χ1v) is 2.96. The fraction of sp³-hybridized carbons (Fsp3) is 0.800. The molecule has 6 heteroatoms. The molecule has 0 aliphatic heterocycles. The average molecular weight is 165 g/mol. The minimum atomic E-state index is -1.55. The predicted octanol–water partition coefficient (Wildman–Crippen LogP) is -2.48. The van der Waals surface area contributed by atoms with Crippen molar-refractivity contribution in [2.24, 2.45) is 5.16 Å². The lowest BCUT2D eigenvalue weighted by atomic mass is 10.1. The molecule has 3 atom stereocenters. The van der Waals surface area contributed by atoms with Crippen LogP contribution in [0.1, 0.15) is 0 Å². The van der Waals surface area contributed by atoms with E-state index in [-0.39, 0.29) is 0 Å². The summed E-state index contributed by atoms with van der Waals surface area (Å²) in [5, 5.41) is 45.0. The van der Waals surface area contributed by atoms with Gasteiger partial charge in [-0.2, -0.15) is 0 Å². The molecule has 0 fully saturated rings. The van der Waals surface area contributed by atoms with Crippen molar-refractivity contribution < 1.29 is 25.6 Å². The molecule has 11 heavy (non-hydrogen) atoms. The second-order valence-corrected chi connectivity index (χ2v) is 2.00. The smallest absolute Gasteiger partial charge is 0.121 e. The molecule has 0 radical (unpaired) electrons. The van der Waals surface area contributed by atoms with Crippen LogP contribution in [0.4, 0.5) is 0 Å². The standard InChI is InChI=1S/C5H11NO5/c7-2-4(9)5(10)3(8)1-6-11/h1,3-5,7-11H,2H2/b6-1-/t3-,4-,5+/m0/s1. The van der Waals surface area contributed by atoms with Gasteiger partial charge < -0.3 is 25.6 Å².